The third-order valence-corrected chi connectivity index (χ3v) is 5.52. The fraction of sp³-hybridized carbons (Fsp3) is 0.667. The van der Waals surface area contributed by atoms with Crippen LogP contribution >= 0.6 is 0 Å². The van der Waals surface area contributed by atoms with Gasteiger partial charge in [-0.15, -0.1) is 0 Å². The van der Waals surface area contributed by atoms with Crippen molar-refractivity contribution in [3.63, 3.8) is 0 Å². The van der Waals surface area contributed by atoms with Crippen LogP contribution in [0.3, 0.4) is 0 Å². The van der Waals surface area contributed by atoms with Crippen LogP contribution in [0.25, 0.3) is 11.0 Å². The summed E-state index contributed by atoms with van der Waals surface area (Å²) in [5.74, 6) is 2.55. The van der Waals surface area contributed by atoms with Gasteiger partial charge in [-0.1, -0.05) is 12.8 Å². The summed E-state index contributed by atoms with van der Waals surface area (Å²) in [5, 5.41) is 8.32. The Hall–Kier alpha value is -2.18. The molecule has 7 nitrogen and oxygen atoms in total. The minimum Gasteiger partial charge on any atom is -0.356 e. The highest BCUT2D eigenvalue weighted by Crippen LogP contribution is 2.35. The molecule has 2 fully saturated rings. The molecular formula is C18H26N6O. The summed E-state index contributed by atoms with van der Waals surface area (Å²) in [5.41, 5.74) is 0.897. The summed E-state index contributed by atoms with van der Waals surface area (Å²) in [6.45, 7) is 4.22. The molecule has 1 unspecified atom stereocenters. The molecule has 2 aromatic rings. The van der Waals surface area contributed by atoms with E-state index in [1.807, 2.05) is 24.9 Å². The summed E-state index contributed by atoms with van der Waals surface area (Å²) in [6, 6.07) is 0. The van der Waals surface area contributed by atoms with Crippen LogP contribution in [0, 0.1) is 5.92 Å². The fourth-order valence-electron chi connectivity index (χ4n) is 4.12. The molecule has 0 aromatic carbocycles. The molecule has 25 heavy (non-hydrogen) atoms. The zero-order valence-corrected chi connectivity index (χ0v) is 15.0. The first-order valence-electron chi connectivity index (χ1n) is 9.39. The second-order valence-electron chi connectivity index (χ2n) is 7.22. The van der Waals surface area contributed by atoms with Crippen molar-refractivity contribution < 1.29 is 4.79 Å². The maximum absolute atomic E-state index is 12.2. The van der Waals surface area contributed by atoms with E-state index >= 15 is 0 Å². The Morgan fingerprint density at radius 1 is 1.28 bits per heavy atom. The Balaban J connectivity index is 1.67. The van der Waals surface area contributed by atoms with Gasteiger partial charge >= 0.3 is 0 Å². The molecule has 4 rings (SSSR count). The normalized spacial score (nSPS) is 21.4. The molecular weight excluding hydrogens is 316 g/mol. The maximum Gasteiger partial charge on any atom is 0.224 e. The topological polar surface area (TPSA) is 75.9 Å². The Labute approximate surface area is 147 Å². The third kappa shape index (κ3) is 2.96. The van der Waals surface area contributed by atoms with Gasteiger partial charge in [0.2, 0.25) is 5.91 Å². The molecule has 1 saturated carbocycles. The van der Waals surface area contributed by atoms with Gasteiger partial charge in [0, 0.05) is 32.6 Å². The molecule has 2 aliphatic rings. The second kappa shape index (κ2) is 6.61. The van der Waals surface area contributed by atoms with Crippen molar-refractivity contribution in [2.75, 3.05) is 24.5 Å². The molecule has 134 valence electrons. The average molecular weight is 342 g/mol. The number of amides is 1. The third-order valence-electron chi connectivity index (χ3n) is 5.52. The van der Waals surface area contributed by atoms with Crippen LogP contribution in [0.2, 0.25) is 0 Å². The number of nitrogens with zero attached hydrogens (tertiary/aromatic N) is 5. The maximum atomic E-state index is 12.2. The smallest absolute Gasteiger partial charge is 0.224 e. The second-order valence-corrected chi connectivity index (χ2v) is 7.22. The van der Waals surface area contributed by atoms with Gasteiger partial charge in [-0.3, -0.25) is 9.48 Å². The van der Waals surface area contributed by atoms with Crippen molar-refractivity contribution in [3.8, 4) is 0 Å². The number of hydrogen-bond donors (Lipinski definition) is 1. The van der Waals surface area contributed by atoms with Crippen molar-refractivity contribution in [2.24, 2.45) is 13.0 Å². The molecule has 1 saturated heterocycles. The number of anilines is 1. The minimum atomic E-state index is 0.0385. The van der Waals surface area contributed by atoms with Crippen molar-refractivity contribution in [2.45, 2.75) is 44.9 Å². The van der Waals surface area contributed by atoms with E-state index in [1.165, 1.54) is 25.7 Å². The van der Waals surface area contributed by atoms with E-state index in [4.69, 9.17) is 9.97 Å². The van der Waals surface area contributed by atoms with Gasteiger partial charge in [0.1, 0.15) is 11.6 Å². The van der Waals surface area contributed by atoms with Crippen molar-refractivity contribution in [1.82, 2.24) is 25.1 Å². The molecule has 0 radical (unpaired) electrons. The molecule has 1 N–H and O–H groups in total. The lowest BCUT2D eigenvalue weighted by atomic mass is 10.1. The van der Waals surface area contributed by atoms with Crippen molar-refractivity contribution in [3.05, 3.63) is 12.0 Å². The largest absolute Gasteiger partial charge is 0.356 e. The first-order valence-corrected chi connectivity index (χ1v) is 9.39. The zero-order chi connectivity index (χ0) is 17.4. The molecule has 1 aliphatic heterocycles. The molecule has 2 aromatic heterocycles. The van der Waals surface area contributed by atoms with Crippen LogP contribution in [0.4, 0.5) is 5.82 Å². The number of aromatic nitrogens is 4. The number of nitrogens with one attached hydrogen (secondary N) is 1. The van der Waals surface area contributed by atoms with E-state index in [0.717, 1.165) is 42.2 Å². The fourth-order valence-corrected chi connectivity index (χ4v) is 4.12. The lowest BCUT2D eigenvalue weighted by Gasteiger charge is -2.20. The van der Waals surface area contributed by atoms with Gasteiger partial charge in [-0.25, -0.2) is 9.97 Å². The molecule has 0 spiro atoms. The highest BCUT2D eigenvalue weighted by molar-refractivity contribution is 5.88. The van der Waals surface area contributed by atoms with Crippen LogP contribution < -0.4 is 10.2 Å². The molecule has 0 bridgehead atoms. The highest BCUT2D eigenvalue weighted by atomic mass is 16.1. The van der Waals surface area contributed by atoms with E-state index in [0.29, 0.717) is 12.5 Å². The molecule has 1 aliphatic carbocycles. The van der Waals surface area contributed by atoms with Crippen LogP contribution in [0.15, 0.2) is 6.20 Å². The number of aryl methyl sites for hydroxylation is 1. The summed E-state index contributed by atoms with van der Waals surface area (Å²) in [6.07, 6.45) is 7.58. The number of fused-ring (bicyclic) bond motifs is 1. The van der Waals surface area contributed by atoms with Gasteiger partial charge in [-0.2, -0.15) is 5.10 Å². The Kier molecular flexibility index (Phi) is 4.31. The summed E-state index contributed by atoms with van der Waals surface area (Å²) >= 11 is 0. The van der Waals surface area contributed by atoms with Gasteiger partial charge in [0.05, 0.1) is 17.5 Å². The van der Waals surface area contributed by atoms with Gasteiger partial charge in [0.15, 0.2) is 5.65 Å². The lowest BCUT2D eigenvalue weighted by Crippen LogP contribution is -2.32. The number of rotatable bonds is 4. The van der Waals surface area contributed by atoms with Crippen LogP contribution in [0.5, 0.6) is 0 Å². The molecule has 7 heteroatoms. The van der Waals surface area contributed by atoms with Crippen molar-refractivity contribution >= 4 is 22.8 Å². The lowest BCUT2D eigenvalue weighted by molar-refractivity contribution is -0.124. The van der Waals surface area contributed by atoms with E-state index < -0.39 is 0 Å². The van der Waals surface area contributed by atoms with E-state index in [1.54, 1.807) is 0 Å². The predicted molar refractivity (Wildman–Crippen MR) is 96.5 cm³/mol. The Morgan fingerprint density at radius 2 is 2.08 bits per heavy atom. The first kappa shape index (κ1) is 16.3. The highest BCUT2D eigenvalue weighted by Gasteiger charge is 2.31. The number of carbonyl (C=O) groups excluding carboxylic acids is 1. The van der Waals surface area contributed by atoms with Gasteiger partial charge < -0.3 is 10.2 Å². The quantitative estimate of drug-likeness (QED) is 0.919. The molecule has 3 heterocycles. The first-order chi connectivity index (χ1) is 12.2. The van der Waals surface area contributed by atoms with Crippen LogP contribution in [-0.2, 0) is 11.8 Å². The standard InChI is InChI=1S/C18H26N6O/c1-3-19-18(25)13-8-9-24(11-13)17-14-10-20-23(2)16(14)21-15(22-17)12-6-4-5-7-12/h10,12-13H,3-9,11H2,1-2H3,(H,19,25). The Morgan fingerprint density at radius 3 is 2.84 bits per heavy atom. The number of carbonyl (C=O) groups is 1. The summed E-state index contributed by atoms with van der Waals surface area (Å²) < 4.78 is 1.83. The van der Waals surface area contributed by atoms with Crippen LogP contribution in [0.1, 0.15) is 50.8 Å². The SMILES string of the molecule is CCNC(=O)C1CCN(c2nc(C3CCCC3)nc3c2cnn3C)C1. The monoisotopic (exact) mass is 342 g/mol. The zero-order valence-electron chi connectivity index (χ0n) is 15.0. The summed E-state index contributed by atoms with van der Waals surface area (Å²) in [7, 11) is 1.93. The average Bonchev–Trinajstić information content (AvgIpc) is 3.36. The number of hydrogen-bond acceptors (Lipinski definition) is 5. The van der Waals surface area contributed by atoms with E-state index in [9.17, 15) is 4.79 Å². The minimum absolute atomic E-state index is 0.0385. The van der Waals surface area contributed by atoms with Crippen LogP contribution in [-0.4, -0.2) is 45.3 Å². The summed E-state index contributed by atoms with van der Waals surface area (Å²) in [4.78, 5) is 24.2. The van der Waals surface area contributed by atoms with E-state index in [-0.39, 0.29) is 11.8 Å². The molecule has 1 atom stereocenters. The van der Waals surface area contributed by atoms with Crippen molar-refractivity contribution in [1.29, 1.82) is 0 Å². The predicted octanol–water partition coefficient (Wildman–Crippen LogP) is 1.98. The molecule has 1 amide bonds. The van der Waals surface area contributed by atoms with Gasteiger partial charge in [0.25, 0.3) is 0 Å². The Bertz CT molecular complexity index is 779. The van der Waals surface area contributed by atoms with E-state index in [2.05, 4.69) is 15.3 Å². The van der Waals surface area contributed by atoms with Gasteiger partial charge in [-0.05, 0) is 26.2 Å².